The molecule has 234 valence electrons. The number of hydrogen-bond donors (Lipinski definition) is 0. The predicted octanol–water partition coefficient (Wildman–Crippen LogP) is 7.71. The highest BCUT2D eigenvalue weighted by atomic mass is 16.7. The molecule has 3 aromatic carbocycles. The minimum atomic E-state index is -0.390. The summed E-state index contributed by atoms with van der Waals surface area (Å²) in [7, 11) is -0.780. The maximum absolute atomic E-state index is 6.31. The number of aromatic nitrogens is 1. The van der Waals surface area contributed by atoms with Gasteiger partial charge in [0.1, 0.15) is 0 Å². The van der Waals surface area contributed by atoms with Crippen molar-refractivity contribution in [3.05, 3.63) is 90.5 Å². The third kappa shape index (κ3) is 5.74. The van der Waals surface area contributed by atoms with Gasteiger partial charge in [-0.05, 0) is 113 Å². The molecule has 1 aromatic heterocycles. The summed E-state index contributed by atoms with van der Waals surface area (Å²) >= 11 is 0. The molecule has 2 fully saturated rings. The number of hydrogen-bond acceptors (Lipinski definition) is 4. The summed E-state index contributed by atoms with van der Waals surface area (Å²) in [6, 6.07) is 30.5. The Balaban J connectivity index is 1.36. The second-order valence-corrected chi connectivity index (χ2v) is 15.7. The van der Waals surface area contributed by atoms with Crippen molar-refractivity contribution in [3.63, 3.8) is 0 Å². The van der Waals surface area contributed by atoms with Crippen LogP contribution in [0.4, 0.5) is 0 Å². The van der Waals surface area contributed by atoms with Crippen LogP contribution in [0.1, 0.15) is 81.7 Å². The molecule has 0 unspecified atom stereocenters. The normalized spacial score (nSPS) is 20.2. The second kappa shape index (κ2) is 10.7. The summed E-state index contributed by atoms with van der Waals surface area (Å²) in [5, 5.41) is 0. The molecule has 0 N–H and O–H groups in total. The van der Waals surface area contributed by atoms with Gasteiger partial charge in [0.05, 0.1) is 33.8 Å². The van der Waals surface area contributed by atoms with Crippen LogP contribution in [-0.4, -0.2) is 41.2 Å². The molecule has 2 saturated heterocycles. The lowest BCUT2D eigenvalue weighted by Gasteiger charge is -2.32. The molecule has 3 heterocycles. The Morgan fingerprint density at radius 1 is 0.467 bits per heavy atom. The molecule has 2 aliphatic heterocycles. The Bertz CT molecular complexity index is 1550. The number of nitrogens with zero attached hydrogens (tertiary/aromatic N) is 1. The van der Waals surface area contributed by atoms with E-state index in [1.807, 2.05) is 0 Å². The van der Waals surface area contributed by atoms with E-state index < -0.39 is 0 Å². The molecule has 2 aliphatic rings. The SMILES string of the molecule is CC(C)(C)c1ccc(-n2c(-c3ccc(B4OC(C)(C)C(C)(C)O4)cc3)ccc2-c2ccc(B3OC(C)(C)C(C)(C)O3)cc2)cc1. The van der Waals surface area contributed by atoms with Gasteiger partial charge in [-0.3, -0.25) is 0 Å². The molecular formula is C38H47B2NO4. The Morgan fingerprint density at radius 2 is 0.800 bits per heavy atom. The summed E-state index contributed by atoms with van der Waals surface area (Å²) in [5.74, 6) is 0. The third-order valence-electron chi connectivity index (χ3n) is 10.3. The summed E-state index contributed by atoms with van der Waals surface area (Å²) in [6.07, 6.45) is 0. The average Bonchev–Trinajstić information content (AvgIpc) is 3.56. The van der Waals surface area contributed by atoms with Crippen LogP contribution in [0.25, 0.3) is 28.2 Å². The fraction of sp³-hybridized carbons (Fsp3) is 0.421. The van der Waals surface area contributed by atoms with Gasteiger partial charge >= 0.3 is 14.2 Å². The van der Waals surface area contributed by atoms with Crippen molar-refractivity contribution in [1.82, 2.24) is 4.57 Å². The smallest absolute Gasteiger partial charge is 0.399 e. The Kier molecular flexibility index (Phi) is 7.60. The van der Waals surface area contributed by atoms with Crippen LogP contribution < -0.4 is 10.9 Å². The standard InChI is InChI=1S/C38H47B2NO4/c1-34(2,3)28-16-22-31(23-17-28)41-32(26-12-18-29(19-13-26)39-42-35(4,5)36(6,7)43-39)24-25-33(41)27-14-20-30(21-15-27)40-44-37(8,9)38(10,11)45-40/h12-25H,1-11H3. The lowest BCUT2D eigenvalue weighted by atomic mass is 9.78. The first kappa shape index (κ1) is 31.9. The van der Waals surface area contributed by atoms with Crippen molar-refractivity contribution in [2.75, 3.05) is 0 Å². The maximum Gasteiger partial charge on any atom is 0.494 e. The first-order valence-corrected chi connectivity index (χ1v) is 16.1. The third-order valence-corrected chi connectivity index (χ3v) is 10.3. The summed E-state index contributed by atoms with van der Waals surface area (Å²) < 4.78 is 27.6. The van der Waals surface area contributed by atoms with E-state index in [-0.39, 0.29) is 42.1 Å². The topological polar surface area (TPSA) is 41.9 Å². The average molecular weight is 603 g/mol. The Hall–Kier alpha value is -3.09. The van der Waals surface area contributed by atoms with Gasteiger partial charge in [-0.15, -0.1) is 0 Å². The quantitative estimate of drug-likeness (QED) is 0.219. The van der Waals surface area contributed by atoms with E-state index in [1.165, 1.54) is 5.56 Å². The van der Waals surface area contributed by atoms with Crippen molar-refractivity contribution in [1.29, 1.82) is 0 Å². The molecule has 0 amide bonds. The second-order valence-electron chi connectivity index (χ2n) is 15.7. The first-order chi connectivity index (χ1) is 20.9. The zero-order valence-corrected chi connectivity index (χ0v) is 28.8. The Labute approximate surface area is 270 Å². The molecule has 0 bridgehead atoms. The lowest BCUT2D eigenvalue weighted by Crippen LogP contribution is -2.41. The van der Waals surface area contributed by atoms with Gasteiger partial charge in [0.15, 0.2) is 0 Å². The molecule has 7 heteroatoms. The van der Waals surface area contributed by atoms with Gasteiger partial charge in [-0.1, -0.05) is 81.4 Å². The zero-order valence-electron chi connectivity index (χ0n) is 28.8. The van der Waals surface area contributed by atoms with Gasteiger partial charge in [-0.2, -0.15) is 0 Å². The maximum atomic E-state index is 6.31. The van der Waals surface area contributed by atoms with Crippen LogP contribution >= 0.6 is 0 Å². The van der Waals surface area contributed by atoms with Gasteiger partial charge in [0, 0.05) is 5.69 Å². The van der Waals surface area contributed by atoms with E-state index in [2.05, 4.69) is 166 Å². The molecular weight excluding hydrogens is 556 g/mol. The van der Waals surface area contributed by atoms with E-state index >= 15 is 0 Å². The summed E-state index contributed by atoms with van der Waals surface area (Å²) in [5.41, 5.74) is 7.49. The Morgan fingerprint density at radius 3 is 1.11 bits per heavy atom. The fourth-order valence-corrected chi connectivity index (χ4v) is 5.86. The van der Waals surface area contributed by atoms with E-state index in [0.717, 1.165) is 39.1 Å². The lowest BCUT2D eigenvalue weighted by molar-refractivity contribution is 0.00578. The van der Waals surface area contributed by atoms with Crippen molar-refractivity contribution >= 4 is 25.2 Å². The highest BCUT2D eigenvalue weighted by Gasteiger charge is 2.52. The molecule has 0 radical (unpaired) electrons. The van der Waals surface area contributed by atoms with Crippen LogP contribution in [0.5, 0.6) is 0 Å². The van der Waals surface area contributed by atoms with E-state index in [9.17, 15) is 0 Å². The molecule has 45 heavy (non-hydrogen) atoms. The minimum absolute atomic E-state index is 0.0769. The van der Waals surface area contributed by atoms with Crippen molar-refractivity contribution in [2.24, 2.45) is 0 Å². The zero-order chi connectivity index (χ0) is 32.6. The predicted molar refractivity (Wildman–Crippen MR) is 187 cm³/mol. The van der Waals surface area contributed by atoms with E-state index in [0.29, 0.717) is 0 Å². The highest BCUT2D eigenvalue weighted by Crippen LogP contribution is 2.39. The fourth-order valence-electron chi connectivity index (χ4n) is 5.86. The number of rotatable bonds is 5. The molecule has 0 spiro atoms. The molecule has 0 atom stereocenters. The van der Waals surface area contributed by atoms with Gasteiger partial charge < -0.3 is 23.2 Å². The van der Waals surface area contributed by atoms with Crippen LogP contribution in [0, 0.1) is 0 Å². The molecule has 4 aromatic rings. The molecule has 5 nitrogen and oxygen atoms in total. The minimum Gasteiger partial charge on any atom is -0.399 e. The number of benzene rings is 3. The van der Waals surface area contributed by atoms with Gasteiger partial charge in [0.25, 0.3) is 0 Å². The van der Waals surface area contributed by atoms with Gasteiger partial charge in [0.2, 0.25) is 0 Å². The monoisotopic (exact) mass is 603 g/mol. The van der Waals surface area contributed by atoms with Crippen LogP contribution in [0.2, 0.25) is 0 Å². The van der Waals surface area contributed by atoms with Crippen molar-refractivity contribution in [2.45, 2.75) is 104 Å². The highest BCUT2D eigenvalue weighted by molar-refractivity contribution is 6.62. The van der Waals surface area contributed by atoms with Crippen molar-refractivity contribution < 1.29 is 18.6 Å². The van der Waals surface area contributed by atoms with E-state index in [1.54, 1.807) is 0 Å². The summed E-state index contributed by atoms with van der Waals surface area (Å²) in [4.78, 5) is 0. The van der Waals surface area contributed by atoms with Crippen LogP contribution in [0.15, 0.2) is 84.9 Å². The van der Waals surface area contributed by atoms with Crippen LogP contribution in [-0.2, 0) is 24.0 Å². The molecule has 6 rings (SSSR count). The first-order valence-electron chi connectivity index (χ1n) is 16.1. The van der Waals surface area contributed by atoms with Crippen LogP contribution in [0.3, 0.4) is 0 Å². The largest absolute Gasteiger partial charge is 0.494 e. The molecule has 0 saturated carbocycles. The molecule has 0 aliphatic carbocycles. The van der Waals surface area contributed by atoms with E-state index in [4.69, 9.17) is 18.6 Å². The van der Waals surface area contributed by atoms with Gasteiger partial charge in [-0.25, -0.2) is 0 Å². The summed E-state index contributed by atoms with van der Waals surface area (Å²) in [6.45, 7) is 23.4. The van der Waals surface area contributed by atoms with Crippen molar-refractivity contribution in [3.8, 4) is 28.2 Å².